The van der Waals surface area contributed by atoms with Crippen LogP contribution >= 0.6 is 0 Å². The lowest BCUT2D eigenvalue weighted by Crippen LogP contribution is -2.48. The van der Waals surface area contributed by atoms with Crippen LogP contribution in [0.3, 0.4) is 0 Å². The topological polar surface area (TPSA) is 104 Å². The number of benzene rings is 2. The van der Waals surface area contributed by atoms with E-state index < -0.39 is 0 Å². The molecule has 1 aliphatic rings. The molecule has 1 fully saturated rings. The van der Waals surface area contributed by atoms with Crippen LogP contribution in [0.1, 0.15) is 32.2 Å². The number of nitrogens with zero attached hydrogens (tertiary/aromatic N) is 5. The van der Waals surface area contributed by atoms with Crippen LogP contribution in [0.4, 0.5) is 5.69 Å². The Labute approximate surface area is 208 Å². The maximum atomic E-state index is 13.1. The van der Waals surface area contributed by atoms with Gasteiger partial charge in [0, 0.05) is 55.4 Å². The van der Waals surface area contributed by atoms with E-state index in [1.54, 1.807) is 42.6 Å². The fraction of sp³-hybridized carbons (Fsp3) is 0.222. The molecule has 2 amide bonds. The number of hydrogen-bond acceptors (Lipinski definition) is 7. The fourth-order valence-electron chi connectivity index (χ4n) is 4.05. The van der Waals surface area contributed by atoms with E-state index >= 15 is 0 Å². The van der Waals surface area contributed by atoms with Gasteiger partial charge in [0.15, 0.2) is 0 Å². The largest absolute Gasteiger partial charge is 0.338 e. The van der Waals surface area contributed by atoms with Gasteiger partial charge in [-0.2, -0.15) is 4.98 Å². The molecule has 182 valence electrons. The van der Waals surface area contributed by atoms with Crippen LogP contribution in [0.2, 0.25) is 0 Å². The summed E-state index contributed by atoms with van der Waals surface area (Å²) in [6, 6.07) is 18.4. The molecule has 2 aromatic carbocycles. The minimum atomic E-state index is -0.270. The fourth-order valence-corrected chi connectivity index (χ4v) is 4.05. The first-order chi connectivity index (χ1) is 17.5. The van der Waals surface area contributed by atoms with Gasteiger partial charge in [0.05, 0.1) is 12.1 Å². The van der Waals surface area contributed by atoms with Crippen molar-refractivity contribution in [3.63, 3.8) is 0 Å². The Morgan fingerprint density at radius 3 is 2.50 bits per heavy atom. The van der Waals surface area contributed by atoms with Crippen molar-refractivity contribution in [2.45, 2.75) is 13.5 Å². The van der Waals surface area contributed by atoms with E-state index in [-0.39, 0.29) is 11.8 Å². The van der Waals surface area contributed by atoms with E-state index in [0.29, 0.717) is 61.3 Å². The average Bonchev–Trinajstić information content (AvgIpc) is 3.38. The van der Waals surface area contributed by atoms with Crippen molar-refractivity contribution in [3.05, 3.63) is 95.6 Å². The summed E-state index contributed by atoms with van der Waals surface area (Å²) in [6.45, 7) is 5.15. The van der Waals surface area contributed by atoms with Crippen LogP contribution in [0.5, 0.6) is 0 Å². The molecular formula is C27H26N6O3. The summed E-state index contributed by atoms with van der Waals surface area (Å²) in [5, 5.41) is 6.93. The molecule has 0 unspecified atom stereocenters. The summed E-state index contributed by atoms with van der Waals surface area (Å²) in [5.41, 5.74) is 3.65. The number of carbonyl (C=O) groups excluding carboxylic acids is 2. The minimum absolute atomic E-state index is 0.0634. The summed E-state index contributed by atoms with van der Waals surface area (Å²) in [7, 11) is 0. The van der Waals surface area contributed by atoms with E-state index in [2.05, 4.69) is 25.3 Å². The van der Waals surface area contributed by atoms with Crippen molar-refractivity contribution in [2.24, 2.45) is 0 Å². The van der Waals surface area contributed by atoms with E-state index in [9.17, 15) is 9.59 Å². The number of nitrogens with one attached hydrogen (secondary N) is 1. The number of carbonyl (C=O) groups is 2. The quantitative estimate of drug-likeness (QED) is 0.447. The maximum absolute atomic E-state index is 13.1. The highest BCUT2D eigenvalue weighted by atomic mass is 16.5. The molecule has 3 heterocycles. The standard InChI is InChI=1S/C27H26N6O3/c1-19-7-9-20(10-8-19)25-30-24(36-31-25)18-32-12-14-33(15-13-32)27(35)21-4-2-6-23(16-21)29-26(34)22-5-3-11-28-17-22/h2-11,16-17H,12-15,18H2,1H3,(H,29,34). The Kier molecular flexibility index (Phi) is 6.81. The van der Waals surface area contributed by atoms with Gasteiger partial charge in [-0.05, 0) is 37.3 Å². The zero-order valence-corrected chi connectivity index (χ0v) is 19.9. The Bertz CT molecular complexity index is 1350. The SMILES string of the molecule is Cc1ccc(-c2noc(CN3CCN(C(=O)c4cccc(NC(=O)c5cccnc5)c4)CC3)n2)cc1. The van der Waals surface area contributed by atoms with Crippen LogP contribution in [0.15, 0.2) is 77.6 Å². The lowest BCUT2D eigenvalue weighted by atomic mass is 10.1. The van der Waals surface area contributed by atoms with Gasteiger partial charge < -0.3 is 14.7 Å². The molecule has 0 radical (unpaired) electrons. The van der Waals surface area contributed by atoms with Gasteiger partial charge in [-0.15, -0.1) is 0 Å². The highest BCUT2D eigenvalue weighted by Gasteiger charge is 2.24. The van der Waals surface area contributed by atoms with E-state index in [1.165, 1.54) is 11.8 Å². The van der Waals surface area contributed by atoms with Crippen LogP contribution in [-0.2, 0) is 6.54 Å². The summed E-state index contributed by atoms with van der Waals surface area (Å²) in [6.07, 6.45) is 3.11. The highest BCUT2D eigenvalue weighted by molar-refractivity contribution is 6.04. The Morgan fingerprint density at radius 1 is 0.972 bits per heavy atom. The Balaban J connectivity index is 1.15. The van der Waals surface area contributed by atoms with Gasteiger partial charge in [0.1, 0.15) is 0 Å². The third-order valence-electron chi connectivity index (χ3n) is 6.09. The maximum Gasteiger partial charge on any atom is 0.257 e. The van der Waals surface area contributed by atoms with Gasteiger partial charge in [-0.3, -0.25) is 19.5 Å². The number of hydrogen-bond donors (Lipinski definition) is 1. The third-order valence-corrected chi connectivity index (χ3v) is 6.09. The van der Waals surface area contributed by atoms with Crippen molar-refractivity contribution in [1.29, 1.82) is 0 Å². The van der Waals surface area contributed by atoms with Gasteiger partial charge >= 0.3 is 0 Å². The van der Waals surface area contributed by atoms with Gasteiger partial charge in [-0.25, -0.2) is 0 Å². The number of pyridine rings is 1. The van der Waals surface area contributed by atoms with Crippen LogP contribution in [0.25, 0.3) is 11.4 Å². The highest BCUT2D eigenvalue weighted by Crippen LogP contribution is 2.19. The third kappa shape index (κ3) is 5.47. The number of amides is 2. The second-order valence-corrected chi connectivity index (χ2v) is 8.72. The van der Waals surface area contributed by atoms with Crippen molar-refractivity contribution < 1.29 is 14.1 Å². The Morgan fingerprint density at radius 2 is 1.75 bits per heavy atom. The number of rotatable bonds is 6. The monoisotopic (exact) mass is 482 g/mol. The molecule has 0 spiro atoms. The smallest absolute Gasteiger partial charge is 0.257 e. The number of aromatic nitrogens is 3. The summed E-state index contributed by atoms with van der Waals surface area (Å²) >= 11 is 0. The molecule has 5 rings (SSSR count). The first-order valence-corrected chi connectivity index (χ1v) is 11.8. The Hall–Kier alpha value is -4.37. The summed E-state index contributed by atoms with van der Waals surface area (Å²) in [4.78, 5) is 38.0. The lowest BCUT2D eigenvalue weighted by molar-refractivity contribution is 0.0615. The minimum Gasteiger partial charge on any atom is -0.338 e. The summed E-state index contributed by atoms with van der Waals surface area (Å²) in [5.74, 6) is 0.802. The second-order valence-electron chi connectivity index (χ2n) is 8.72. The first kappa shape index (κ1) is 23.4. The zero-order valence-electron chi connectivity index (χ0n) is 19.9. The lowest BCUT2D eigenvalue weighted by Gasteiger charge is -2.34. The molecule has 1 saturated heterocycles. The normalized spacial score (nSPS) is 14.0. The van der Waals surface area contributed by atoms with Crippen LogP contribution in [-0.4, -0.2) is 62.9 Å². The molecule has 0 atom stereocenters. The molecule has 1 N–H and O–H groups in total. The molecule has 0 saturated carbocycles. The predicted octanol–water partition coefficient (Wildman–Crippen LogP) is 3.65. The van der Waals surface area contributed by atoms with E-state index in [0.717, 1.165) is 5.56 Å². The molecular weight excluding hydrogens is 456 g/mol. The number of anilines is 1. The van der Waals surface area contributed by atoms with Crippen LogP contribution in [0, 0.1) is 6.92 Å². The molecule has 9 nitrogen and oxygen atoms in total. The van der Waals surface area contributed by atoms with Crippen LogP contribution < -0.4 is 5.32 Å². The number of aryl methyl sites for hydroxylation is 1. The van der Waals surface area contributed by atoms with Crippen molar-refractivity contribution in [2.75, 3.05) is 31.5 Å². The number of piperazine rings is 1. The average molecular weight is 483 g/mol. The van der Waals surface area contributed by atoms with Crippen molar-refractivity contribution in [3.8, 4) is 11.4 Å². The van der Waals surface area contributed by atoms with E-state index in [4.69, 9.17) is 4.52 Å². The zero-order chi connectivity index (χ0) is 24.9. The van der Waals surface area contributed by atoms with Gasteiger partial charge in [-0.1, -0.05) is 41.1 Å². The van der Waals surface area contributed by atoms with Gasteiger partial charge in [0.2, 0.25) is 11.7 Å². The second kappa shape index (κ2) is 10.5. The molecule has 36 heavy (non-hydrogen) atoms. The molecule has 0 bridgehead atoms. The van der Waals surface area contributed by atoms with Gasteiger partial charge in [0.25, 0.3) is 11.8 Å². The molecule has 9 heteroatoms. The molecule has 1 aliphatic heterocycles. The summed E-state index contributed by atoms with van der Waals surface area (Å²) < 4.78 is 5.45. The van der Waals surface area contributed by atoms with E-state index in [1.807, 2.05) is 36.1 Å². The predicted molar refractivity (Wildman–Crippen MR) is 134 cm³/mol. The molecule has 0 aliphatic carbocycles. The molecule has 4 aromatic rings. The first-order valence-electron chi connectivity index (χ1n) is 11.8. The van der Waals surface area contributed by atoms with Crippen molar-refractivity contribution in [1.82, 2.24) is 24.9 Å². The molecule has 2 aromatic heterocycles. The van der Waals surface area contributed by atoms with Crippen molar-refractivity contribution >= 4 is 17.5 Å².